The largest absolute Gasteiger partial charge is 0.478 e. The zero-order chi connectivity index (χ0) is 46.2. The molecule has 0 fully saturated rings. The quantitative estimate of drug-likeness (QED) is 0.105. The highest BCUT2D eigenvalue weighted by molar-refractivity contribution is 6.35. The Morgan fingerprint density at radius 1 is 0.453 bits per heavy atom. The lowest BCUT2D eigenvalue weighted by molar-refractivity contribution is -0.139. The molecule has 2 aliphatic rings. The van der Waals surface area contributed by atoms with Crippen molar-refractivity contribution in [3.05, 3.63) is 165 Å². The van der Waals surface area contributed by atoms with Crippen molar-refractivity contribution in [2.45, 2.75) is 26.2 Å². The van der Waals surface area contributed by atoms with E-state index >= 15 is 0 Å². The van der Waals surface area contributed by atoms with Gasteiger partial charge in [-0.1, -0.05) is 12.1 Å². The molecule has 0 atom stereocenters. The van der Waals surface area contributed by atoms with Crippen LogP contribution < -0.4 is 19.3 Å². The van der Waals surface area contributed by atoms with Gasteiger partial charge in [-0.05, 0) is 133 Å². The molecule has 0 bridgehead atoms. The second kappa shape index (κ2) is 15.3. The monoisotopic (exact) mass is 880 g/mol. The van der Waals surface area contributed by atoms with Crippen LogP contribution in [0.5, 0.6) is 23.0 Å². The van der Waals surface area contributed by atoms with Gasteiger partial charge in [-0.3, -0.25) is 19.2 Å². The number of carbonyl (C=O) groups is 6. The number of carboxylic acids is 2. The standard InChI is InChI=1S/C46H26F6N2O10/c1-21-15-27(63-37-13-5-25(19-35(37)45(47,48)49)53-39(55)31-9-3-23(43(59)60)17-33(31)41(53)57)7-11-29(21)30-12-8-28(16-22(30)2)64-38-14-6-26(20-36(38)46(50,51)52)54-40(56)32-10-4-24(44(61)62)18-34(32)42(54)58/h3-20H,1-2H3,(H,59,60)(H,61,62). The summed E-state index contributed by atoms with van der Waals surface area (Å²) < 4.78 is 97.9. The molecule has 2 heterocycles. The van der Waals surface area contributed by atoms with Crippen LogP contribution in [-0.4, -0.2) is 45.8 Å². The summed E-state index contributed by atoms with van der Waals surface area (Å²) in [5.41, 5.74) is -2.78. The van der Waals surface area contributed by atoms with Gasteiger partial charge in [0.1, 0.15) is 34.1 Å². The molecule has 0 unspecified atom stereocenters. The van der Waals surface area contributed by atoms with E-state index in [2.05, 4.69) is 0 Å². The fraction of sp³-hybridized carbons (Fsp3) is 0.0870. The summed E-state index contributed by atoms with van der Waals surface area (Å²) in [6.07, 6.45) is -10.0. The first-order chi connectivity index (χ1) is 30.1. The minimum absolute atomic E-state index is 0.0200. The molecule has 64 heavy (non-hydrogen) atoms. The summed E-state index contributed by atoms with van der Waals surface area (Å²) in [5.74, 6) is -7.99. The van der Waals surface area contributed by atoms with Crippen molar-refractivity contribution in [3.63, 3.8) is 0 Å². The molecule has 8 rings (SSSR count). The van der Waals surface area contributed by atoms with Crippen LogP contribution in [0.2, 0.25) is 0 Å². The zero-order valence-corrected chi connectivity index (χ0v) is 32.7. The van der Waals surface area contributed by atoms with Crippen LogP contribution in [0.4, 0.5) is 37.7 Å². The molecule has 0 radical (unpaired) electrons. The lowest BCUT2D eigenvalue weighted by atomic mass is 9.96. The Labute approximate surface area is 356 Å². The molecule has 6 aromatic rings. The van der Waals surface area contributed by atoms with E-state index in [1.54, 1.807) is 26.0 Å². The number of fused-ring (bicyclic) bond motifs is 2. The van der Waals surface area contributed by atoms with E-state index in [1.165, 1.54) is 24.3 Å². The molecular weight excluding hydrogens is 854 g/mol. The number of carbonyl (C=O) groups excluding carboxylic acids is 4. The first-order valence-corrected chi connectivity index (χ1v) is 18.6. The Bertz CT molecular complexity index is 2860. The average molecular weight is 881 g/mol. The molecule has 2 N–H and O–H groups in total. The van der Waals surface area contributed by atoms with Gasteiger partial charge in [0.2, 0.25) is 0 Å². The van der Waals surface area contributed by atoms with Gasteiger partial charge in [-0.25, -0.2) is 19.4 Å². The van der Waals surface area contributed by atoms with Gasteiger partial charge in [-0.2, -0.15) is 26.3 Å². The molecule has 0 saturated carbocycles. The molecule has 0 saturated heterocycles. The van der Waals surface area contributed by atoms with Gasteiger partial charge in [0.15, 0.2) is 0 Å². The summed E-state index contributed by atoms with van der Waals surface area (Å²) in [7, 11) is 0. The van der Waals surface area contributed by atoms with Crippen LogP contribution in [0.15, 0.2) is 109 Å². The average Bonchev–Trinajstić information content (AvgIpc) is 3.63. The maximum absolute atomic E-state index is 14.4. The minimum Gasteiger partial charge on any atom is -0.478 e. The van der Waals surface area contributed by atoms with Crippen LogP contribution >= 0.6 is 0 Å². The maximum Gasteiger partial charge on any atom is 0.420 e. The van der Waals surface area contributed by atoms with Crippen molar-refractivity contribution >= 4 is 46.9 Å². The number of aryl methyl sites for hydroxylation is 2. The topological polar surface area (TPSA) is 168 Å². The second-order valence-corrected chi connectivity index (χ2v) is 14.5. The normalized spacial score (nSPS) is 13.6. The van der Waals surface area contributed by atoms with Crippen LogP contribution in [0.3, 0.4) is 0 Å². The first kappa shape index (κ1) is 42.4. The van der Waals surface area contributed by atoms with Gasteiger partial charge in [0.25, 0.3) is 23.6 Å². The number of hydrogen-bond acceptors (Lipinski definition) is 8. The van der Waals surface area contributed by atoms with E-state index in [1.807, 2.05) is 0 Å². The number of halogens is 6. The number of amides is 4. The van der Waals surface area contributed by atoms with Crippen molar-refractivity contribution in [2.24, 2.45) is 0 Å². The Morgan fingerprint density at radius 2 is 0.797 bits per heavy atom. The molecule has 322 valence electrons. The molecule has 2 aliphatic heterocycles. The van der Waals surface area contributed by atoms with Crippen molar-refractivity contribution in [2.75, 3.05) is 9.80 Å². The molecule has 0 spiro atoms. The summed E-state index contributed by atoms with van der Waals surface area (Å²) in [4.78, 5) is 76.2. The zero-order valence-electron chi connectivity index (χ0n) is 32.7. The molecule has 6 aromatic carbocycles. The van der Waals surface area contributed by atoms with Crippen molar-refractivity contribution in [1.29, 1.82) is 0 Å². The summed E-state index contributed by atoms with van der Waals surface area (Å²) in [6, 6.07) is 20.4. The number of anilines is 2. The molecule has 4 amide bonds. The van der Waals surface area contributed by atoms with Gasteiger partial charge in [-0.15, -0.1) is 0 Å². The Hall–Kier alpha value is -8.28. The van der Waals surface area contributed by atoms with Gasteiger partial charge in [0.05, 0.1) is 44.8 Å². The Morgan fingerprint density at radius 3 is 1.12 bits per heavy atom. The van der Waals surface area contributed by atoms with Gasteiger partial charge in [0, 0.05) is 0 Å². The van der Waals surface area contributed by atoms with Crippen LogP contribution in [0, 0.1) is 13.8 Å². The highest BCUT2D eigenvalue weighted by Gasteiger charge is 2.42. The summed E-state index contributed by atoms with van der Waals surface area (Å²) >= 11 is 0. The minimum atomic E-state index is -5.02. The summed E-state index contributed by atoms with van der Waals surface area (Å²) in [5, 5.41) is 18.6. The summed E-state index contributed by atoms with van der Waals surface area (Å²) in [6.45, 7) is 3.29. The van der Waals surface area contributed by atoms with E-state index in [0.717, 1.165) is 60.7 Å². The predicted molar refractivity (Wildman–Crippen MR) is 213 cm³/mol. The number of hydrogen-bond donors (Lipinski definition) is 2. The highest BCUT2D eigenvalue weighted by Crippen LogP contribution is 2.44. The SMILES string of the molecule is Cc1cc(Oc2ccc(N3C(=O)c4ccc(C(=O)O)cc4C3=O)cc2C(F)(F)F)ccc1-c1ccc(Oc2ccc(N3C(=O)c4ccc(C(=O)O)cc4C3=O)cc2C(F)(F)F)cc1C. The first-order valence-electron chi connectivity index (χ1n) is 18.6. The molecule has 12 nitrogen and oxygen atoms in total. The third-order valence-corrected chi connectivity index (χ3v) is 10.5. The number of alkyl halides is 6. The Kier molecular flexibility index (Phi) is 10.1. The highest BCUT2D eigenvalue weighted by atomic mass is 19.4. The molecule has 0 aliphatic carbocycles. The third-order valence-electron chi connectivity index (χ3n) is 10.5. The Balaban J connectivity index is 1.02. The van der Waals surface area contributed by atoms with E-state index in [4.69, 9.17) is 9.47 Å². The van der Waals surface area contributed by atoms with Gasteiger partial charge < -0.3 is 19.7 Å². The van der Waals surface area contributed by atoms with Crippen LogP contribution in [0.25, 0.3) is 11.1 Å². The van der Waals surface area contributed by atoms with Crippen molar-refractivity contribution in [1.82, 2.24) is 0 Å². The maximum atomic E-state index is 14.4. The van der Waals surface area contributed by atoms with E-state index in [0.29, 0.717) is 44.2 Å². The van der Waals surface area contributed by atoms with E-state index in [-0.39, 0.29) is 44.9 Å². The number of imide groups is 2. The van der Waals surface area contributed by atoms with E-state index < -0.39 is 81.9 Å². The number of carboxylic acid groups (broad SMARTS) is 2. The fourth-order valence-electron chi connectivity index (χ4n) is 7.41. The predicted octanol–water partition coefficient (Wildman–Crippen LogP) is 10.6. The molecule has 0 aromatic heterocycles. The number of benzene rings is 6. The lowest BCUT2D eigenvalue weighted by Gasteiger charge is -2.20. The fourth-order valence-corrected chi connectivity index (χ4v) is 7.41. The number of nitrogens with zero attached hydrogens (tertiary/aromatic N) is 2. The molecular formula is C46H26F6N2O10. The number of ether oxygens (including phenoxy) is 2. The third kappa shape index (κ3) is 7.43. The lowest BCUT2D eigenvalue weighted by Crippen LogP contribution is -2.29. The van der Waals surface area contributed by atoms with Crippen molar-refractivity contribution < 1.29 is 74.8 Å². The van der Waals surface area contributed by atoms with Crippen LogP contribution in [-0.2, 0) is 12.4 Å². The number of aromatic carboxylic acids is 2. The molecule has 18 heteroatoms. The number of rotatable bonds is 9. The van der Waals surface area contributed by atoms with Crippen LogP contribution in [0.1, 0.15) is 84.4 Å². The van der Waals surface area contributed by atoms with Crippen molar-refractivity contribution in [3.8, 4) is 34.1 Å². The smallest absolute Gasteiger partial charge is 0.420 e. The second-order valence-electron chi connectivity index (χ2n) is 14.5. The van der Waals surface area contributed by atoms with Gasteiger partial charge >= 0.3 is 24.3 Å². The van der Waals surface area contributed by atoms with E-state index in [9.17, 15) is 65.3 Å².